The van der Waals surface area contributed by atoms with Crippen LogP contribution in [0.2, 0.25) is 0 Å². The minimum atomic E-state index is 0.396. The number of hydrogen-bond donors (Lipinski definition) is 1. The van der Waals surface area contributed by atoms with E-state index in [1.54, 1.807) is 0 Å². The fourth-order valence-electron chi connectivity index (χ4n) is 3.87. The summed E-state index contributed by atoms with van der Waals surface area (Å²) in [6.07, 6.45) is 9.63. The fourth-order valence-corrected chi connectivity index (χ4v) is 3.87. The first-order chi connectivity index (χ1) is 12.2. The molecular weight excluding hydrogens is 302 g/mol. The van der Waals surface area contributed by atoms with Crippen molar-refractivity contribution >= 4 is 27.1 Å². The molecule has 1 aliphatic carbocycles. The summed E-state index contributed by atoms with van der Waals surface area (Å²) >= 11 is 0. The van der Waals surface area contributed by atoms with Gasteiger partial charge in [0, 0.05) is 11.3 Å². The Labute approximate surface area is 149 Å². The normalized spacial score (nSPS) is 17.4. The molecule has 1 nitrogen and oxygen atoms in total. The molecule has 0 saturated heterocycles. The number of fused-ring (bicyclic) bond motifs is 3. The molecule has 25 heavy (non-hydrogen) atoms. The van der Waals surface area contributed by atoms with Crippen LogP contribution in [0.5, 0.6) is 0 Å². The van der Waals surface area contributed by atoms with Gasteiger partial charge in [-0.15, -0.1) is 0 Å². The average molecular weight is 325 g/mol. The molecule has 0 bridgehead atoms. The zero-order chi connectivity index (χ0) is 17.4. The van der Waals surface area contributed by atoms with E-state index in [0.717, 1.165) is 17.7 Å². The molecule has 1 heteroatoms. The third kappa shape index (κ3) is 2.56. The molecule has 0 fully saturated rings. The van der Waals surface area contributed by atoms with Crippen molar-refractivity contribution in [3.63, 3.8) is 0 Å². The van der Waals surface area contributed by atoms with Crippen LogP contribution in [0.1, 0.15) is 25.0 Å². The Bertz CT molecular complexity index is 1050. The third-order valence-electron chi connectivity index (χ3n) is 5.12. The van der Waals surface area contributed by atoms with Crippen molar-refractivity contribution in [1.29, 1.82) is 0 Å². The van der Waals surface area contributed by atoms with Gasteiger partial charge in [-0.3, -0.25) is 0 Å². The molecule has 0 spiro atoms. The molecule has 124 valence electrons. The summed E-state index contributed by atoms with van der Waals surface area (Å²) in [5, 5.41) is 5.22. The summed E-state index contributed by atoms with van der Waals surface area (Å²) in [5.41, 5.74) is 11.1. The lowest BCUT2D eigenvalue weighted by atomic mass is 9.86. The van der Waals surface area contributed by atoms with Crippen molar-refractivity contribution < 1.29 is 0 Å². The third-order valence-corrected chi connectivity index (χ3v) is 5.12. The van der Waals surface area contributed by atoms with Crippen molar-refractivity contribution in [3.05, 3.63) is 89.7 Å². The van der Waals surface area contributed by atoms with Crippen molar-refractivity contribution in [2.24, 2.45) is 11.7 Å². The summed E-state index contributed by atoms with van der Waals surface area (Å²) in [5.74, 6) is 0.396. The van der Waals surface area contributed by atoms with Gasteiger partial charge in [0.25, 0.3) is 0 Å². The number of nitrogens with two attached hydrogens (primary N) is 1. The summed E-state index contributed by atoms with van der Waals surface area (Å²) in [4.78, 5) is 0. The standard InChI is InChI=1S/C24H23N/c1-3-17-18-8-4-5-9-19(18)20-10-6-7-11-21(20)24(17)22-14-12-16(2)13-15-23(22)25/h4-16H,3,25H2,1-2H3/t16-/m1/s1. The summed E-state index contributed by atoms with van der Waals surface area (Å²) in [7, 11) is 0. The first kappa shape index (κ1) is 15.7. The van der Waals surface area contributed by atoms with Crippen molar-refractivity contribution in [2.75, 3.05) is 0 Å². The van der Waals surface area contributed by atoms with Gasteiger partial charge >= 0.3 is 0 Å². The summed E-state index contributed by atoms with van der Waals surface area (Å²) in [6, 6.07) is 17.4. The van der Waals surface area contributed by atoms with Crippen LogP contribution in [0.15, 0.2) is 78.5 Å². The van der Waals surface area contributed by atoms with Crippen LogP contribution in [0, 0.1) is 5.92 Å². The second kappa shape index (κ2) is 6.25. The van der Waals surface area contributed by atoms with Gasteiger partial charge in [0.1, 0.15) is 0 Å². The lowest BCUT2D eigenvalue weighted by Crippen LogP contribution is -2.02. The van der Waals surface area contributed by atoms with Gasteiger partial charge in [-0.25, -0.2) is 0 Å². The maximum atomic E-state index is 6.47. The van der Waals surface area contributed by atoms with E-state index in [4.69, 9.17) is 5.73 Å². The highest BCUT2D eigenvalue weighted by Crippen LogP contribution is 2.38. The number of allylic oxidation sites excluding steroid dienone is 5. The molecule has 0 aromatic heterocycles. The highest BCUT2D eigenvalue weighted by atomic mass is 14.6. The Morgan fingerprint density at radius 3 is 2.04 bits per heavy atom. The monoisotopic (exact) mass is 325 g/mol. The highest BCUT2D eigenvalue weighted by molar-refractivity contribution is 6.14. The SMILES string of the molecule is CCc1c(C2=C(N)C=C[C@H](C)C=C2)c2ccccc2c2ccccc12. The zero-order valence-corrected chi connectivity index (χ0v) is 14.8. The van der Waals surface area contributed by atoms with Gasteiger partial charge in [-0.2, -0.15) is 0 Å². The van der Waals surface area contributed by atoms with Crippen LogP contribution in [0.25, 0.3) is 27.1 Å². The molecule has 2 N–H and O–H groups in total. The van der Waals surface area contributed by atoms with Crippen LogP contribution in [0.4, 0.5) is 0 Å². The molecule has 3 aromatic rings. The van der Waals surface area contributed by atoms with Crippen molar-refractivity contribution in [1.82, 2.24) is 0 Å². The quantitative estimate of drug-likeness (QED) is 0.576. The maximum Gasteiger partial charge on any atom is 0.0390 e. The molecule has 0 amide bonds. The molecule has 1 aliphatic rings. The lowest BCUT2D eigenvalue weighted by Gasteiger charge is -2.18. The zero-order valence-electron chi connectivity index (χ0n) is 14.8. The van der Waals surface area contributed by atoms with E-state index in [0.29, 0.717) is 5.92 Å². The average Bonchev–Trinajstić information content (AvgIpc) is 2.82. The minimum Gasteiger partial charge on any atom is -0.398 e. The van der Waals surface area contributed by atoms with E-state index < -0.39 is 0 Å². The number of hydrogen-bond acceptors (Lipinski definition) is 1. The smallest absolute Gasteiger partial charge is 0.0390 e. The van der Waals surface area contributed by atoms with Gasteiger partial charge in [0.2, 0.25) is 0 Å². The van der Waals surface area contributed by atoms with Crippen LogP contribution in [0.3, 0.4) is 0 Å². The largest absolute Gasteiger partial charge is 0.398 e. The van der Waals surface area contributed by atoms with Crippen LogP contribution < -0.4 is 5.73 Å². The molecule has 1 atom stereocenters. The number of aryl methyl sites for hydroxylation is 1. The van der Waals surface area contributed by atoms with Gasteiger partial charge in [-0.05, 0) is 51.1 Å². The van der Waals surface area contributed by atoms with E-state index >= 15 is 0 Å². The predicted molar refractivity (Wildman–Crippen MR) is 109 cm³/mol. The molecule has 4 rings (SSSR count). The molecular formula is C24H23N. The van der Waals surface area contributed by atoms with E-state index in [-0.39, 0.29) is 0 Å². The molecule has 3 aromatic carbocycles. The van der Waals surface area contributed by atoms with Gasteiger partial charge in [-0.1, -0.05) is 80.6 Å². The molecule has 0 heterocycles. The van der Waals surface area contributed by atoms with Crippen molar-refractivity contribution in [2.45, 2.75) is 20.3 Å². The Balaban J connectivity index is 2.19. The Morgan fingerprint density at radius 1 is 0.800 bits per heavy atom. The van der Waals surface area contributed by atoms with Gasteiger partial charge in [0.05, 0.1) is 0 Å². The molecule has 0 radical (unpaired) electrons. The summed E-state index contributed by atoms with van der Waals surface area (Å²) in [6.45, 7) is 4.41. The molecule has 0 unspecified atom stereocenters. The van der Waals surface area contributed by atoms with E-state index in [2.05, 4.69) is 86.7 Å². The first-order valence-electron chi connectivity index (χ1n) is 8.99. The predicted octanol–water partition coefficient (Wildman–Crippen LogP) is 5.99. The van der Waals surface area contributed by atoms with E-state index in [1.807, 2.05) is 0 Å². The minimum absolute atomic E-state index is 0.396. The van der Waals surface area contributed by atoms with Crippen LogP contribution in [-0.2, 0) is 6.42 Å². The molecule has 0 saturated carbocycles. The second-order valence-corrected chi connectivity index (χ2v) is 6.74. The second-order valence-electron chi connectivity index (χ2n) is 6.74. The van der Waals surface area contributed by atoms with E-state index in [9.17, 15) is 0 Å². The van der Waals surface area contributed by atoms with Gasteiger partial charge < -0.3 is 5.73 Å². The highest BCUT2D eigenvalue weighted by Gasteiger charge is 2.17. The molecule has 0 aliphatic heterocycles. The van der Waals surface area contributed by atoms with Gasteiger partial charge in [0.15, 0.2) is 0 Å². The lowest BCUT2D eigenvalue weighted by molar-refractivity contribution is 0.942. The van der Waals surface area contributed by atoms with Crippen LogP contribution >= 0.6 is 0 Å². The summed E-state index contributed by atoms with van der Waals surface area (Å²) < 4.78 is 0. The number of rotatable bonds is 2. The Kier molecular flexibility index (Phi) is 3.93. The topological polar surface area (TPSA) is 26.0 Å². The van der Waals surface area contributed by atoms with E-state index in [1.165, 1.54) is 32.7 Å². The maximum absolute atomic E-state index is 6.47. The Hall–Kier alpha value is -2.80. The Morgan fingerprint density at radius 2 is 1.36 bits per heavy atom. The number of benzene rings is 3. The van der Waals surface area contributed by atoms with Crippen LogP contribution in [-0.4, -0.2) is 0 Å². The van der Waals surface area contributed by atoms with Crippen molar-refractivity contribution in [3.8, 4) is 0 Å². The first-order valence-corrected chi connectivity index (χ1v) is 8.99. The fraction of sp³-hybridized carbons (Fsp3) is 0.167.